The quantitative estimate of drug-likeness (QED) is 0.142. The summed E-state index contributed by atoms with van der Waals surface area (Å²) in [5, 5.41) is 21.3. The number of hydrogen-bond donors (Lipinski definition) is 0. The van der Waals surface area contributed by atoms with Crippen LogP contribution >= 0.6 is 34.0 Å². The number of fused-ring (bicyclic) bond motifs is 20. The van der Waals surface area contributed by atoms with Gasteiger partial charge >= 0.3 is 0 Å². The zero-order valence-electron chi connectivity index (χ0n) is 59.2. The molecule has 0 saturated heterocycles. The van der Waals surface area contributed by atoms with Crippen LogP contribution in [0.5, 0.6) is 0 Å². The molecule has 24 aromatic rings. The lowest BCUT2D eigenvalue weighted by Gasteiger charge is -2.10. The van der Waals surface area contributed by atoms with E-state index in [0.29, 0.717) is 0 Å². The van der Waals surface area contributed by atoms with Crippen LogP contribution in [0.3, 0.4) is 0 Å². The van der Waals surface area contributed by atoms with E-state index < -0.39 is 0 Å². The van der Waals surface area contributed by atoms with Gasteiger partial charge in [-0.1, -0.05) is 246 Å². The lowest BCUT2D eigenvalue weighted by Crippen LogP contribution is -1.97. The molecule has 0 spiro atoms. The van der Waals surface area contributed by atoms with Crippen LogP contribution in [0.2, 0.25) is 0 Å². The van der Waals surface area contributed by atoms with Crippen LogP contribution in [-0.4, -0.2) is 57.3 Å². The van der Waals surface area contributed by atoms with E-state index in [4.69, 9.17) is 15.0 Å². The summed E-state index contributed by atoms with van der Waals surface area (Å²) >= 11 is 5.16. The van der Waals surface area contributed by atoms with Gasteiger partial charge in [-0.05, 0) is 97.1 Å². The molecule has 12 aromatic heterocycles. The minimum atomic E-state index is 1.02. The van der Waals surface area contributed by atoms with E-state index in [1.54, 1.807) is 34.0 Å². The molecule has 522 valence electrons. The molecule has 24 rings (SSSR count). The Kier molecular flexibility index (Phi) is 15.2. The van der Waals surface area contributed by atoms with Crippen LogP contribution in [0.15, 0.2) is 365 Å². The van der Waals surface area contributed by atoms with Crippen molar-refractivity contribution in [2.24, 2.45) is 0 Å². The molecule has 0 unspecified atom stereocenters. The van der Waals surface area contributed by atoms with Gasteiger partial charge in [-0.2, -0.15) is 0 Å². The summed E-state index contributed by atoms with van der Waals surface area (Å²) < 4.78 is 14.1. The Bertz CT molecular complexity index is 7700. The molecule has 0 atom stereocenters. The first-order valence-electron chi connectivity index (χ1n) is 36.8. The molecular formula is C96H60N12S3. The van der Waals surface area contributed by atoms with Crippen molar-refractivity contribution >= 4 is 165 Å². The van der Waals surface area contributed by atoms with Crippen LogP contribution < -0.4 is 0 Å². The van der Waals surface area contributed by atoms with Crippen LogP contribution in [0.25, 0.3) is 195 Å². The summed E-state index contributed by atoms with van der Waals surface area (Å²) in [6.07, 6.45) is 17.3. The van der Waals surface area contributed by atoms with Crippen molar-refractivity contribution in [3.8, 4) is 63.8 Å². The van der Waals surface area contributed by atoms with Crippen molar-refractivity contribution in [3.63, 3.8) is 0 Å². The standard InChI is InChI=1S/3C32H20N4S/c1-2-9-21(10-3-1)32-34-20-29(37-32)36-28-15-7-5-13-24(28)26-17-16-25-23-12-4-6-14-27(23)35(30(25)31(26)36)22-11-8-18-33-19-22;1-2-9-21(10-3-1)32-34-20-29(37-32)36-26-15-7-5-13-24(26)31-28(36)17-16-27-30(31)23-12-4-6-14-25(23)35(27)22-11-8-18-33-19-22;1-2-9-21(10-3-1)32-34-20-31(37-32)36-28-15-7-5-13-24(28)26-17-25-23-12-4-6-14-27(23)35(29(25)18-30(26)36)22-11-8-16-33-19-22/h3*1-20H. The summed E-state index contributed by atoms with van der Waals surface area (Å²) in [5.74, 6) is 0. The van der Waals surface area contributed by atoms with Crippen molar-refractivity contribution in [1.29, 1.82) is 0 Å². The first-order chi connectivity index (χ1) is 55.1. The van der Waals surface area contributed by atoms with Gasteiger partial charge in [0.2, 0.25) is 0 Å². The van der Waals surface area contributed by atoms with Crippen molar-refractivity contribution in [3.05, 3.63) is 365 Å². The molecule has 0 aliphatic heterocycles. The largest absolute Gasteiger partial charge is 0.308 e. The third-order valence-corrected chi connectivity index (χ3v) is 24.4. The zero-order valence-corrected chi connectivity index (χ0v) is 61.7. The number of nitrogens with zero attached hydrogens (tertiary/aromatic N) is 12. The summed E-state index contributed by atoms with van der Waals surface area (Å²) in [7, 11) is 0. The Balaban J connectivity index is 0.000000102. The molecule has 12 aromatic carbocycles. The Labute approximate surface area is 646 Å². The third-order valence-electron chi connectivity index (χ3n) is 21.3. The van der Waals surface area contributed by atoms with Crippen molar-refractivity contribution in [2.75, 3.05) is 0 Å². The molecular weight excluding hydrogens is 1420 g/mol. The lowest BCUT2D eigenvalue weighted by molar-refractivity contribution is 1.13. The minimum absolute atomic E-state index is 1.02. The van der Waals surface area contributed by atoms with E-state index in [0.717, 1.165) is 63.8 Å². The molecule has 0 saturated carbocycles. The van der Waals surface area contributed by atoms with E-state index in [2.05, 4.69) is 315 Å². The molecule has 0 bridgehead atoms. The SMILES string of the molecule is c1ccc(-c2ncc(-n3c4ccccc4c4c5c6ccccc6n(-c6cccnc6)c5ccc43)s2)cc1.c1ccc(-c2ncc(-n3c4ccccc4c4cc5c6ccccc6n(-c6cccnc6)c5cc43)s2)cc1.c1ccc(-c2ncc(-n3c4ccccc4c4ccc5c6ccccc6n(-c6cccnc6)c5c43)s2)cc1. The highest BCUT2D eigenvalue weighted by atomic mass is 32.1. The number of thiazole rings is 3. The number of pyridine rings is 3. The number of rotatable bonds is 9. The van der Waals surface area contributed by atoms with Gasteiger partial charge in [-0.15, -0.1) is 0 Å². The van der Waals surface area contributed by atoms with Gasteiger partial charge in [0.25, 0.3) is 0 Å². The molecule has 12 nitrogen and oxygen atoms in total. The smallest absolute Gasteiger partial charge is 0.125 e. The van der Waals surface area contributed by atoms with Crippen molar-refractivity contribution in [2.45, 2.75) is 0 Å². The number of benzene rings is 12. The Morgan fingerprint density at radius 2 is 0.505 bits per heavy atom. The maximum absolute atomic E-state index is 4.84. The van der Waals surface area contributed by atoms with Gasteiger partial charge in [0.1, 0.15) is 30.0 Å². The fraction of sp³-hybridized carbons (Fsp3) is 0. The molecule has 12 heterocycles. The average molecular weight is 1480 g/mol. The molecule has 0 aliphatic rings. The average Bonchev–Trinajstić information content (AvgIpc) is 1.55. The van der Waals surface area contributed by atoms with Crippen LogP contribution in [0.4, 0.5) is 0 Å². The maximum Gasteiger partial charge on any atom is 0.125 e. The fourth-order valence-corrected chi connectivity index (χ4v) is 19.5. The predicted molar refractivity (Wildman–Crippen MR) is 462 cm³/mol. The highest BCUT2D eigenvalue weighted by molar-refractivity contribution is 7.18. The molecule has 0 N–H and O–H groups in total. The summed E-state index contributed by atoms with van der Waals surface area (Å²) in [4.78, 5) is 27.7. The first kappa shape index (κ1) is 64.0. The van der Waals surface area contributed by atoms with E-state index in [-0.39, 0.29) is 0 Å². The predicted octanol–water partition coefficient (Wildman–Crippen LogP) is 25.2. The van der Waals surface area contributed by atoms with Crippen LogP contribution in [0.1, 0.15) is 0 Å². The summed E-state index contributed by atoms with van der Waals surface area (Å²) in [6, 6.07) is 109. The molecule has 0 radical (unpaired) electrons. The van der Waals surface area contributed by atoms with Gasteiger partial charge in [-0.3, -0.25) is 28.7 Å². The highest BCUT2D eigenvalue weighted by Crippen LogP contribution is 2.47. The van der Waals surface area contributed by atoms with Gasteiger partial charge in [0.05, 0.1) is 120 Å². The monoisotopic (exact) mass is 1480 g/mol. The normalized spacial score (nSPS) is 11.8. The Morgan fingerprint density at radius 3 is 0.937 bits per heavy atom. The molecule has 0 fully saturated rings. The molecule has 0 amide bonds. The Morgan fingerprint density at radius 1 is 0.198 bits per heavy atom. The van der Waals surface area contributed by atoms with Crippen molar-refractivity contribution in [1.82, 2.24) is 57.3 Å². The summed E-state index contributed by atoms with van der Waals surface area (Å²) in [5.41, 5.74) is 20.7. The minimum Gasteiger partial charge on any atom is -0.308 e. The molecule has 0 aliphatic carbocycles. The highest BCUT2D eigenvalue weighted by Gasteiger charge is 2.26. The lowest BCUT2D eigenvalue weighted by atomic mass is 10.1. The third kappa shape index (κ3) is 10.4. The summed E-state index contributed by atoms with van der Waals surface area (Å²) in [6.45, 7) is 0. The van der Waals surface area contributed by atoms with Gasteiger partial charge in [0.15, 0.2) is 0 Å². The fourth-order valence-electron chi connectivity index (χ4n) is 16.7. The van der Waals surface area contributed by atoms with E-state index >= 15 is 0 Å². The van der Waals surface area contributed by atoms with E-state index in [1.165, 1.54) is 131 Å². The second-order valence-corrected chi connectivity index (χ2v) is 30.5. The van der Waals surface area contributed by atoms with Gasteiger partial charge in [-0.25, -0.2) is 15.0 Å². The van der Waals surface area contributed by atoms with E-state index in [1.807, 2.05) is 92.2 Å². The van der Waals surface area contributed by atoms with Gasteiger partial charge in [0, 0.05) is 99.9 Å². The zero-order chi connectivity index (χ0) is 73.0. The Hall–Kier alpha value is -14.2. The molecule has 15 heteroatoms. The van der Waals surface area contributed by atoms with Gasteiger partial charge < -0.3 is 13.7 Å². The molecule has 111 heavy (non-hydrogen) atoms. The van der Waals surface area contributed by atoms with Crippen molar-refractivity contribution < 1.29 is 0 Å². The first-order valence-corrected chi connectivity index (χ1v) is 39.2. The maximum atomic E-state index is 4.84. The number of para-hydroxylation sites is 6. The number of hydrogen-bond acceptors (Lipinski definition) is 9. The second kappa shape index (κ2) is 26.3. The number of aromatic nitrogens is 12. The topological polar surface area (TPSA) is 107 Å². The van der Waals surface area contributed by atoms with E-state index in [9.17, 15) is 0 Å². The van der Waals surface area contributed by atoms with Crippen LogP contribution in [-0.2, 0) is 0 Å². The second-order valence-electron chi connectivity index (χ2n) is 27.5. The van der Waals surface area contributed by atoms with Crippen LogP contribution in [0, 0.1) is 0 Å².